The first-order valence-corrected chi connectivity index (χ1v) is 4.59. The molecule has 2 atom stereocenters. The van der Waals surface area contributed by atoms with Crippen molar-refractivity contribution in [3.05, 3.63) is 30.1 Å². The molecule has 0 spiro atoms. The smallest absolute Gasteiger partial charge is 0.141 e. The monoisotopic (exact) mass is 177 g/mol. The average Bonchev–Trinajstić information content (AvgIpc) is 2.94. The van der Waals surface area contributed by atoms with Crippen LogP contribution in [0.3, 0.4) is 0 Å². The Morgan fingerprint density at radius 1 is 1.46 bits per heavy atom. The maximum atomic E-state index is 5.66. The van der Waals surface area contributed by atoms with Crippen molar-refractivity contribution in [2.24, 2.45) is 0 Å². The number of hydrogen-bond acceptors (Lipinski definition) is 3. The summed E-state index contributed by atoms with van der Waals surface area (Å²) in [6.45, 7) is 1.50. The molecule has 0 aromatic carbocycles. The summed E-state index contributed by atoms with van der Waals surface area (Å²) in [6, 6.07) is 5.97. The number of rotatable bonds is 1. The molecule has 1 aromatic heterocycles. The molecule has 3 heteroatoms. The van der Waals surface area contributed by atoms with Gasteiger partial charge in [-0.3, -0.25) is 4.98 Å². The van der Waals surface area contributed by atoms with E-state index in [9.17, 15) is 0 Å². The Balaban J connectivity index is 1.94. The predicted octanol–water partition coefficient (Wildman–Crippen LogP) is 1.10. The van der Waals surface area contributed by atoms with E-state index in [2.05, 4.69) is 4.98 Å². The second-order valence-electron chi connectivity index (χ2n) is 3.54. The van der Waals surface area contributed by atoms with Gasteiger partial charge >= 0.3 is 0 Å². The maximum absolute atomic E-state index is 5.66. The molecule has 0 unspecified atom stereocenters. The zero-order chi connectivity index (χ0) is 8.73. The Hall–Kier alpha value is -0.930. The average molecular weight is 177 g/mol. The van der Waals surface area contributed by atoms with Crippen molar-refractivity contribution in [1.29, 1.82) is 0 Å². The van der Waals surface area contributed by atoms with E-state index < -0.39 is 0 Å². The summed E-state index contributed by atoms with van der Waals surface area (Å²) < 4.78 is 11.0. The third-order valence-electron chi connectivity index (χ3n) is 2.80. The molecular weight excluding hydrogens is 166 g/mol. The molecule has 3 heterocycles. The topological polar surface area (TPSA) is 34.6 Å². The molecule has 0 aliphatic carbocycles. The molecule has 0 bridgehead atoms. The largest absolute Gasteiger partial charge is 0.378 e. The van der Waals surface area contributed by atoms with Crippen molar-refractivity contribution in [3.8, 4) is 0 Å². The van der Waals surface area contributed by atoms with Gasteiger partial charge in [-0.15, -0.1) is 0 Å². The van der Waals surface area contributed by atoms with Gasteiger partial charge < -0.3 is 9.47 Å². The van der Waals surface area contributed by atoms with Crippen molar-refractivity contribution in [1.82, 2.24) is 4.98 Å². The lowest BCUT2D eigenvalue weighted by Crippen LogP contribution is -2.25. The van der Waals surface area contributed by atoms with Gasteiger partial charge in [-0.1, -0.05) is 6.07 Å². The van der Waals surface area contributed by atoms with Crippen LogP contribution in [0, 0.1) is 0 Å². The van der Waals surface area contributed by atoms with E-state index in [1.807, 2.05) is 24.4 Å². The van der Waals surface area contributed by atoms with Gasteiger partial charge in [0, 0.05) is 19.2 Å². The van der Waals surface area contributed by atoms with Crippen molar-refractivity contribution in [3.63, 3.8) is 0 Å². The fraction of sp³-hybridized carbons (Fsp3) is 0.500. The lowest BCUT2D eigenvalue weighted by Gasteiger charge is -2.16. The SMILES string of the molecule is c1ccc([C@]23CCOC[C@H]2O3)nc1. The first kappa shape index (κ1) is 7.47. The zero-order valence-electron chi connectivity index (χ0n) is 7.27. The van der Waals surface area contributed by atoms with Crippen LogP contribution in [-0.4, -0.2) is 24.3 Å². The highest BCUT2D eigenvalue weighted by Crippen LogP contribution is 2.50. The van der Waals surface area contributed by atoms with Gasteiger partial charge in [0.15, 0.2) is 0 Å². The lowest BCUT2D eigenvalue weighted by atomic mass is 9.95. The number of ether oxygens (including phenoxy) is 2. The third-order valence-corrected chi connectivity index (χ3v) is 2.80. The van der Waals surface area contributed by atoms with Crippen LogP contribution in [0.25, 0.3) is 0 Å². The fourth-order valence-electron chi connectivity index (χ4n) is 1.99. The summed E-state index contributed by atoms with van der Waals surface area (Å²) in [6.07, 6.45) is 3.00. The molecule has 68 valence electrons. The minimum Gasteiger partial charge on any atom is -0.378 e. The molecule has 2 aliphatic heterocycles. The van der Waals surface area contributed by atoms with Gasteiger partial charge in [0.05, 0.1) is 12.3 Å². The van der Waals surface area contributed by atoms with Crippen LogP contribution >= 0.6 is 0 Å². The van der Waals surface area contributed by atoms with Crippen molar-refractivity contribution >= 4 is 0 Å². The predicted molar refractivity (Wildman–Crippen MR) is 46.2 cm³/mol. The first-order valence-electron chi connectivity index (χ1n) is 4.59. The number of nitrogens with zero attached hydrogens (tertiary/aromatic N) is 1. The quantitative estimate of drug-likeness (QED) is 0.602. The van der Waals surface area contributed by atoms with Gasteiger partial charge in [0.25, 0.3) is 0 Å². The molecular formula is C10H11NO2. The number of epoxide rings is 1. The highest BCUT2D eigenvalue weighted by atomic mass is 16.6. The van der Waals surface area contributed by atoms with E-state index in [1.54, 1.807) is 0 Å². The molecule has 2 fully saturated rings. The molecule has 0 radical (unpaired) electrons. The van der Waals surface area contributed by atoms with Crippen molar-refractivity contribution in [2.45, 2.75) is 18.1 Å². The minimum absolute atomic E-state index is 0.0977. The van der Waals surface area contributed by atoms with Crippen LogP contribution in [0.2, 0.25) is 0 Å². The Labute approximate surface area is 76.7 Å². The standard InChI is InChI=1S/C10H11NO2/c1-2-5-11-8(3-1)10-4-6-12-7-9(10)13-10/h1-3,5,9H,4,6-7H2/t9-,10-/m1/s1. The molecule has 2 aliphatic rings. The van der Waals surface area contributed by atoms with Crippen molar-refractivity contribution in [2.75, 3.05) is 13.2 Å². The summed E-state index contributed by atoms with van der Waals surface area (Å²) in [4.78, 5) is 4.34. The fourth-order valence-corrected chi connectivity index (χ4v) is 1.99. The number of aromatic nitrogens is 1. The molecule has 0 N–H and O–H groups in total. The van der Waals surface area contributed by atoms with Gasteiger partial charge in [-0.05, 0) is 12.1 Å². The summed E-state index contributed by atoms with van der Waals surface area (Å²) in [5, 5.41) is 0. The maximum Gasteiger partial charge on any atom is 0.141 e. The van der Waals surface area contributed by atoms with E-state index in [4.69, 9.17) is 9.47 Å². The van der Waals surface area contributed by atoms with E-state index >= 15 is 0 Å². The Bertz CT molecular complexity index is 314. The molecule has 13 heavy (non-hydrogen) atoms. The summed E-state index contributed by atoms with van der Waals surface area (Å²) in [5.74, 6) is 0. The number of hydrogen-bond donors (Lipinski definition) is 0. The van der Waals surface area contributed by atoms with Crippen LogP contribution in [0.5, 0.6) is 0 Å². The second kappa shape index (κ2) is 2.53. The molecule has 3 nitrogen and oxygen atoms in total. The van der Waals surface area contributed by atoms with Gasteiger partial charge in [0.2, 0.25) is 0 Å². The Kier molecular flexibility index (Phi) is 1.45. The Morgan fingerprint density at radius 3 is 3.23 bits per heavy atom. The number of fused-ring (bicyclic) bond motifs is 1. The van der Waals surface area contributed by atoms with Gasteiger partial charge in [-0.25, -0.2) is 0 Å². The van der Waals surface area contributed by atoms with Crippen molar-refractivity contribution < 1.29 is 9.47 Å². The van der Waals surface area contributed by atoms with Crippen LogP contribution < -0.4 is 0 Å². The summed E-state index contributed by atoms with van der Waals surface area (Å²) >= 11 is 0. The third kappa shape index (κ3) is 1.01. The zero-order valence-corrected chi connectivity index (χ0v) is 7.27. The van der Waals surface area contributed by atoms with Crippen LogP contribution in [-0.2, 0) is 15.1 Å². The van der Waals surface area contributed by atoms with E-state index in [1.165, 1.54) is 0 Å². The van der Waals surface area contributed by atoms with E-state index in [-0.39, 0.29) is 11.7 Å². The minimum atomic E-state index is -0.0977. The van der Waals surface area contributed by atoms with Gasteiger partial charge in [-0.2, -0.15) is 0 Å². The number of pyridine rings is 1. The van der Waals surface area contributed by atoms with Crippen LogP contribution in [0.4, 0.5) is 0 Å². The Morgan fingerprint density at radius 2 is 2.46 bits per heavy atom. The molecule has 3 rings (SSSR count). The van der Waals surface area contributed by atoms with Crippen LogP contribution in [0.1, 0.15) is 12.1 Å². The highest BCUT2D eigenvalue weighted by molar-refractivity contribution is 5.23. The molecule has 0 saturated carbocycles. The van der Waals surface area contributed by atoms with Crippen LogP contribution in [0.15, 0.2) is 24.4 Å². The highest BCUT2D eigenvalue weighted by Gasteiger charge is 2.60. The summed E-state index contributed by atoms with van der Waals surface area (Å²) in [5.41, 5.74) is 0.961. The second-order valence-corrected chi connectivity index (χ2v) is 3.54. The first-order chi connectivity index (χ1) is 6.42. The lowest BCUT2D eigenvalue weighted by molar-refractivity contribution is 0.0967. The van der Waals surface area contributed by atoms with E-state index in [0.29, 0.717) is 0 Å². The molecule has 1 aromatic rings. The molecule has 2 saturated heterocycles. The van der Waals surface area contributed by atoms with E-state index in [0.717, 1.165) is 25.3 Å². The van der Waals surface area contributed by atoms with Gasteiger partial charge in [0.1, 0.15) is 11.7 Å². The summed E-state index contributed by atoms with van der Waals surface area (Å²) in [7, 11) is 0. The normalized spacial score (nSPS) is 36.8. The molecule has 0 amide bonds.